The second-order valence-electron chi connectivity index (χ2n) is 5.91. The smallest absolute Gasteiger partial charge is 0.282 e. The number of alkyl halides is 2. The largest absolute Gasteiger partial charge is 0.333 e. The Labute approximate surface area is 144 Å². The summed E-state index contributed by atoms with van der Waals surface area (Å²) in [5.74, 6) is -1.88. The predicted octanol–water partition coefficient (Wildman–Crippen LogP) is 3.14. The first-order chi connectivity index (χ1) is 12.5. The lowest BCUT2D eigenvalue weighted by Gasteiger charge is -2.29. The molecule has 0 aliphatic carbocycles. The molecule has 26 heavy (non-hydrogen) atoms. The Morgan fingerprint density at radius 2 is 1.88 bits per heavy atom. The van der Waals surface area contributed by atoms with Gasteiger partial charge < -0.3 is 4.90 Å². The third-order valence-electron chi connectivity index (χ3n) is 4.45. The highest BCUT2D eigenvalue weighted by molar-refractivity contribution is 5.95. The molecule has 1 aliphatic rings. The first-order valence-corrected chi connectivity index (χ1v) is 7.82. The van der Waals surface area contributed by atoms with Gasteiger partial charge in [0.05, 0.1) is 6.20 Å². The van der Waals surface area contributed by atoms with Crippen molar-refractivity contribution in [3.8, 4) is 0 Å². The molecule has 0 bridgehead atoms. The number of amides is 1. The predicted molar refractivity (Wildman–Crippen MR) is 82.7 cm³/mol. The number of halogens is 4. The molecular formula is C17H12F4N4O. The van der Waals surface area contributed by atoms with Crippen LogP contribution in [0.15, 0.2) is 30.7 Å². The van der Waals surface area contributed by atoms with Crippen molar-refractivity contribution in [2.45, 2.75) is 19.4 Å². The van der Waals surface area contributed by atoms with Crippen LogP contribution in [-0.2, 0) is 13.0 Å². The van der Waals surface area contributed by atoms with E-state index >= 15 is 0 Å². The summed E-state index contributed by atoms with van der Waals surface area (Å²) in [4.78, 5) is 21.7. The minimum absolute atomic E-state index is 0.0682. The maximum Gasteiger partial charge on any atom is 0.282 e. The number of nitrogens with zero attached hydrogens (tertiary/aromatic N) is 4. The number of fused-ring (bicyclic) bond motifs is 2. The van der Waals surface area contributed by atoms with Crippen LogP contribution in [0.4, 0.5) is 17.6 Å². The number of carbonyl (C=O) groups is 1. The van der Waals surface area contributed by atoms with E-state index in [1.165, 1.54) is 27.9 Å². The van der Waals surface area contributed by atoms with Gasteiger partial charge in [-0.05, 0) is 24.1 Å². The number of hydrogen-bond donors (Lipinski definition) is 0. The van der Waals surface area contributed by atoms with Gasteiger partial charge in [0, 0.05) is 31.0 Å². The molecule has 1 aliphatic heterocycles. The molecule has 0 saturated carbocycles. The molecule has 0 spiro atoms. The maximum absolute atomic E-state index is 14.0. The Kier molecular flexibility index (Phi) is 3.86. The number of imidazole rings is 1. The van der Waals surface area contributed by atoms with Crippen LogP contribution >= 0.6 is 0 Å². The summed E-state index contributed by atoms with van der Waals surface area (Å²) in [5, 5.41) is 0. The highest BCUT2D eigenvalue weighted by Crippen LogP contribution is 2.28. The van der Waals surface area contributed by atoms with E-state index in [0.717, 1.165) is 12.1 Å². The fourth-order valence-electron chi connectivity index (χ4n) is 3.21. The highest BCUT2D eigenvalue weighted by Gasteiger charge is 2.32. The summed E-state index contributed by atoms with van der Waals surface area (Å²) < 4.78 is 55.9. The summed E-state index contributed by atoms with van der Waals surface area (Å²) in [5.41, 5.74) is -0.559. The molecule has 3 heterocycles. The zero-order chi connectivity index (χ0) is 18.4. The van der Waals surface area contributed by atoms with Gasteiger partial charge in [0.15, 0.2) is 5.65 Å². The van der Waals surface area contributed by atoms with E-state index in [1.807, 2.05) is 0 Å². The van der Waals surface area contributed by atoms with Gasteiger partial charge in [-0.3, -0.25) is 14.2 Å². The molecule has 9 heteroatoms. The van der Waals surface area contributed by atoms with Crippen LogP contribution in [-0.4, -0.2) is 31.7 Å². The lowest BCUT2D eigenvalue weighted by atomic mass is 9.98. The molecule has 2 aromatic heterocycles. The summed E-state index contributed by atoms with van der Waals surface area (Å²) in [7, 11) is 0. The van der Waals surface area contributed by atoms with Gasteiger partial charge in [0.1, 0.15) is 23.0 Å². The Bertz CT molecular complexity index is 1020. The van der Waals surface area contributed by atoms with Gasteiger partial charge in [-0.2, -0.15) is 0 Å². The molecule has 1 amide bonds. The molecule has 0 fully saturated rings. The second kappa shape index (κ2) is 6.08. The standard InChI is InChI=1S/C17H12F4N4O/c18-11-1-2-12(19)10-8-24(5-3-9(10)11)17(26)15-14(16(20)21)23-13-7-22-4-6-25(13)15/h1-2,4,6-7,16H,3,5,8H2. The zero-order valence-corrected chi connectivity index (χ0v) is 13.3. The van der Waals surface area contributed by atoms with Crippen LogP contribution in [0.2, 0.25) is 0 Å². The summed E-state index contributed by atoms with van der Waals surface area (Å²) in [6.07, 6.45) is 1.12. The fraction of sp³-hybridized carbons (Fsp3) is 0.235. The third-order valence-corrected chi connectivity index (χ3v) is 4.45. The summed E-state index contributed by atoms with van der Waals surface area (Å²) in [6.45, 7) is -0.105. The molecule has 0 N–H and O–H groups in total. The maximum atomic E-state index is 14.0. The van der Waals surface area contributed by atoms with E-state index in [-0.39, 0.29) is 42.0 Å². The lowest BCUT2D eigenvalue weighted by molar-refractivity contribution is 0.0710. The van der Waals surface area contributed by atoms with E-state index < -0.39 is 29.7 Å². The van der Waals surface area contributed by atoms with Crippen molar-refractivity contribution in [1.29, 1.82) is 0 Å². The first kappa shape index (κ1) is 16.5. The molecule has 0 radical (unpaired) electrons. The van der Waals surface area contributed by atoms with Crippen molar-refractivity contribution in [2.24, 2.45) is 0 Å². The number of hydrogen-bond acceptors (Lipinski definition) is 3. The van der Waals surface area contributed by atoms with Crippen LogP contribution in [0.3, 0.4) is 0 Å². The molecule has 4 rings (SSSR count). The van der Waals surface area contributed by atoms with Gasteiger partial charge in [-0.15, -0.1) is 0 Å². The van der Waals surface area contributed by atoms with Gasteiger partial charge in [0.2, 0.25) is 0 Å². The Balaban J connectivity index is 1.76. The highest BCUT2D eigenvalue weighted by atomic mass is 19.3. The van der Waals surface area contributed by atoms with E-state index in [2.05, 4.69) is 9.97 Å². The molecule has 0 atom stereocenters. The van der Waals surface area contributed by atoms with Crippen molar-refractivity contribution < 1.29 is 22.4 Å². The van der Waals surface area contributed by atoms with Crippen LogP contribution in [0.25, 0.3) is 5.65 Å². The van der Waals surface area contributed by atoms with Gasteiger partial charge in [0.25, 0.3) is 12.3 Å². The Hall–Kier alpha value is -2.97. The molecule has 3 aromatic rings. The van der Waals surface area contributed by atoms with Crippen molar-refractivity contribution in [3.05, 3.63) is 64.9 Å². The number of rotatable bonds is 2. The first-order valence-electron chi connectivity index (χ1n) is 7.82. The fourth-order valence-corrected chi connectivity index (χ4v) is 3.21. The third kappa shape index (κ3) is 2.51. The molecule has 5 nitrogen and oxygen atoms in total. The number of benzene rings is 1. The molecule has 1 aromatic carbocycles. The van der Waals surface area contributed by atoms with Crippen molar-refractivity contribution >= 4 is 11.6 Å². The Morgan fingerprint density at radius 1 is 1.15 bits per heavy atom. The summed E-state index contributed by atoms with van der Waals surface area (Å²) in [6, 6.07) is 2.03. The summed E-state index contributed by atoms with van der Waals surface area (Å²) >= 11 is 0. The van der Waals surface area contributed by atoms with Gasteiger partial charge in [-0.25, -0.2) is 22.5 Å². The van der Waals surface area contributed by atoms with Gasteiger partial charge in [-0.1, -0.05) is 0 Å². The number of carbonyl (C=O) groups excluding carboxylic acids is 1. The minimum atomic E-state index is -2.96. The normalized spacial score (nSPS) is 14.1. The average molecular weight is 364 g/mol. The zero-order valence-electron chi connectivity index (χ0n) is 13.3. The van der Waals surface area contributed by atoms with E-state index in [0.29, 0.717) is 0 Å². The monoisotopic (exact) mass is 364 g/mol. The van der Waals surface area contributed by atoms with Crippen LogP contribution < -0.4 is 0 Å². The van der Waals surface area contributed by atoms with Crippen LogP contribution in [0, 0.1) is 11.6 Å². The number of aromatic nitrogens is 3. The average Bonchev–Trinajstić information content (AvgIpc) is 3.04. The Morgan fingerprint density at radius 3 is 2.62 bits per heavy atom. The second-order valence-corrected chi connectivity index (χ2v) is 5.91. The van der Waals surface area contributed by atoms with Crippen LogP contribution in [0.5, 0.6) is 0 Å². The SMILES string of the molecule is O=C(c1c(C(F)F)nc2cnccn12)N1CCc2c(F)ccc(F)c2C1. The molecule has 0 saturated heterocycles. The molecule has 134 valence electrons. The van der Waals surface area contributed by atoms with Crippen molar-refractivity contribution in [2.75, 3.05) is 6.54 Å². The van der Waals surface area contributed by atoms with E-state index in [1.54, 1.807) is 0 Å². The quantitative estimate of drug-likeness (QED) is 0.657. The van der Waals surface area contributed by atoms with Crippen LogP contribution in [0.1, 0.15) is 33.7 Å². The lowest BCUT2D eigenvalue weighted by Crippen LogP contribution is -2.38. The minimum Gasteiger partial charge on any atom is -0.333 e. The molecule has 0 unspecified atom stereocenters. The molecular weight excluding hydrogens is 352 g/mol. The van der Waals surface area contributed by atoms with Crippen molar-refractivity contribution in [3.63, 3.8) is 0 Å². The van der Waals surface area contributed by atoms with E-state index in [9.17, 15) is 22.4 Å². The van der Waals surface area contributed by atoms with Gasteiger partial charge >= 0.3 is 0 Å². The van der Waals surface area contributed by atoms with E-state index in [4.69, 9.17) is 0 Å². The van der Waals surface area contributed by atoms with Crippen molar-refractivity contribution in [1.82, 2.24) is 19.3 Å². The topological polar surface area (TPSA) is 50.5 Å².